The van der Waals surface area contributed by atoms with Gasteiger partial charge in [0.05, 0.1) is 5.56 Å². The summed E-state index contributed by atoms with van der Waals surface area (Å²) in [5.41, 5.74) is 1.33. The lowest BCUT2D eigenvalue weighted by Gasteiger charge is -2.21. The van der Waals surface area contributed by atoms with E-state index in [4.69, 9.17) is 5.11 Å². The van der Waals surface area contributed by atoms with Crippen molar-refractivity contribution < 1.29 is 14.7 Å². The molecule has 3 N–H and O–H groups in total. The molecule has 0 spiro atoms. The maximum absolute atomic E-state index is 11.9. The largest absolute Gasteiger partial charge is 0.478 e. The van der Waals surface area contributed by atoms with Gasteiger partial charge >= 0.3 is 12.0 Å². The molecule has 2 amide bonds. The quantitative estimate of drug-likeness (QED) is 0.773. The average Bonchev–Trinajstić information content (AvgIpc) is 2.37. The molecular weight excluding hydrogens is 256 g/mol. The molecule has 1 unspecified atom stereocenters. The molecular formula is C15H22N2O3. The van der Waals surface area contributed by atoms with Crippen LogP contribution in [0.3, 0.4) is 0 Å². The number of benzene rings is 1. The predicted molar refractivity (Wildman–Crippen MR) is 79.2 cm³/mol. The minimum absolute atomic E-state index is 0.0967. The first-order valence-electron chi connectivity index (χ1n) is 6.76. The van der Waals surface area contributed by atoms with Crippen molar-refractivity contribution in [2.24, 2.45) is 5.92 Å². The Labute approximate surface area is 119 Å². The number of carboxylic acids is 1. The number of amides is 2. The van der Waals surface area contributed by atoms with Gasteiger partial charge in [0.1, 0.15) is 0 Å². The number of carboxylic acid groups (broad SMARTS) is 1. The lowest BCUT2D eigenvalue weighted by Crippen LogP contribution is -2.40. The second-order valence-corrected chi connectivity index (χ2v) is 5.19. The second kappa shape index (κ2) is 6.93. The van der Waals surface area contributed by atoms with Crippen molar-refractivity contribution in [3.05, 3.63) is 29.3 Å². The van der Waals surface area contributed by atoms with Gasteiger partial charge < -0.3 is 15.7 Å². The highest BCUT2D eigenvalue weighted by molar-refractivity contribution is 5.94. The number of carbonyl (C=O) groups excluding carboxylic acids is 1. The maximum atomic E-state index is 11.9. The first-order valence-corrected chi connectivity index (χ1v) is 6.76. The minimum Gasteiger partial charge on any atom is -0.478 e. The van der Waals surface area contributed by atoms with Gasteiger partial charge in [-0.3, -0.25) is 0 Å². The molecule has 0 aliphatic heterocycles. The molecule has 0 aliphatic carbocycles. The lowest BCUT2D eigenvalue weighted by molar-refractivity contribution is 0.0696. The van der Waals surface area contributed by atoms with E-state index in [1.807, 2.05) is 20.8 Å². The van der Waals surface area contributed by atoms with E-state index in [2.05, 4.69) is 10.6 Å². The fraction of sp³-hybridized carbons (Fsp3) is 0.467. The summed E-state index contributed by atoms with van der Waals surface area (Å²) in [5.74, 6) is -0.654. The zero-order valence-corrected chi connectivity index (χ0v) is 12.4. The number of urea groups is 1. The molecule has 5 heteroatoms. The third-order valence-electron chi connectivity index (χ3n) is 3.29. The third-order valence-corrected chi connectivity index (χ3v) is 3.29. The molecule has 0 fully saturated rings. The topological polar surface area (TPSA) is 78.4 Å². The second-order valence-electron chi connectivity index (χ2n) is 5.19. The van der Waals surface area contributed by atoms with Gasteiger partial charge in [-0.05, 0) is 37.0 Å². The summed E-state index contributed by atoms with van der Waals surface area (Å²) in [6, 6.07) is 4.62. The first-order chi connectivity index (χ1) is 9.35. The van der Waals surface area contributed by atoms with Crippen LogP contribution in [0.4, 0.5) is 10.5 Å². The van der Waals surface area contributed by atoms with Gasteiger partial charge in [-0.25, -0.2) is 9.59 Å². The lowest BCUT2D eigenvalue weighted by atomic mass is 10.0. The van der Waals surface area contributed by atoms with Gasteiger partial charge in [-0.15, -0.1) is 0 Å². The number of anilines is 1. The molecule has 5 nitrogen and oxygen atoms in total. The summed E-state index contributed by atoms with van der Waals surface area (Å²) in [5, 5.41) is 14.6. The van der Waals surface area contributed by atoms with Gasteiger partial charge in [-0.2, -0.15) is 0 Å². The summed E-state index contributed by atoms with van der Waals surface area (Å²) in [7, 11) is 0. The summed E-state index contributed by atoms with van der Waals surface area (Å²) in [6.45, 7) is 7.82. The van der Waals surface area contributed by atoms with Crippen LogP contribution >= 0.6 is 0 Å². The van der Waals surface area contributed by atoms with E-state index >= 15 is 0 Å². The van der Waals surface area contributed by atoms with Crippen LogP contribution in [-0.2, 0) is 0 Å². The normalized spacial score (nSPS) is 12.1. The minimum atomic E-state index is -1.000. The molecule has 1 rings (SSSR count). The first kappa shape index (κ1) is 16.0. The standard InChI is InChI=1S/C15H22N2O3/c1-5-13(9(2)3)17-15(20)16-11-7-6-10(4)12(8-11)14(18)19/h6-9,13H,5H2,1-4H3,(H,18,19)(H2,16,17,20). The molecule has 0 saturated carbocycles. The maximum Gasteiger partial charge on any atom is 0.336 e. The Kier molecular flexibility index (Phi) is 5.55. The number of rotatable bonds is 5. The highest BCUT2D eigenvalue weighted by Gasteiger charge is 2.14. The predicted octanol–water partition coefficient (Wildman–Crippen LogP) is 3.25. The Hall–Kier alpha value is -2.04. The van der Waals surface area contributed by atoms with E-state index in [0.717, 1.165) is 6.42 Å². The van der Waals surface area contributed by atoms with Crippen LogP contribution in [0.1, 0.15) is 43.1 Å². The van der Waals surface area contributed by atoms with Gasteiger partial charge in [0.15, 0.2) is 0 Å². The van der Waals surface area contributed by atoms with Crippen molar-refractivity contribution >= 4 is 17.7 Å². The van der Waals surface area contributed by atoms with Gasteiger partial charge in [0, 0.05) is 11.7 Å². The zero-order chi connectivity index (χ0) is 15.3. The molecule has 0 heterocycles. The van der Waals surface area contributed by atoms with Crippen molar-refractivity contribution in [3.63, 3.8) is 0 Å². The zero-order valence-electron chi connectivity index (χ0n) is 12.4. The van der Waals surface area contributed by atoms with Crippen molar-refractivity contribution in [1.29, 1.82) is 0 Å². The van der Waals surface area contributed by atoms with Crippen LogP contribution in [-0.4, -0.2) is 23.1 Å². The Morgan fingerprint density at radius 3 is 2.45 bits per heavy atom. The van der Waals surface area contributed by atoms with Crippen molar-refractivity contribution in [3.8, 4) is 0 Å². The number of carbonyl (C=O) groups is 2. The van der Waals surface area contributed by atoms with Crippen LogP contribution in [0.15, 0.2) is 18.2 Å². The van der Waals surface area contributed by atoms with E-state index in [1.165, 1.54) is 6.07 Å². The molecule has 20 heavy (non-hydrogen) atoms. The monoisotopic (exact) mass is 278 g/mol. The molecule has 0 radical (unpaired) electrons. The number of hydrogen-bond donors (Lipinski definition) is 3. The average molecular weight is 278 g/mol. The summed E-state index contributed by atoms with van der Waals surface area (Å²) in [4.78, 5) is 22.9. The molecule has 0 bridgehead atoms. The molecule has 110 valence electrons. The van der Waals surface area contributed by atoms with Crippen LogP contribution in [0.2, 0.25) is 0 Å². The summed E-state index contributed by atoms with van der Waals surface area (Å²) >= 11 is 0. The Bertz CT molecular complexity index is 498. The van der Waals surface area contributed by atoms with Gasteiger partial charge in [0.25, 0.3) is 0 Å². The number of hydrogen-bond acceptors (Lipinski definition) is 2. The van der Waals surface area contributed by atoms with E-state index in [-0.39, 0.29) is 17.6 Å². The SMILES string of the molecule is CCC(NC(=O)Nc1ccc(C)c(C(=O)O)c1)C(C)C. The van der Waals surface area contributed by atoms with Crippen LogP contribution in [0.25, 0.3) is 0 Å². The van der Waals surface area contributed by atoms with Crippen molar-refractivity contribution in [2.75, 3.05) is 5.32 Å². The molecule has 1 atom stereocenters. The Morgan fingerprint density at radius 1 is 1.30 bits per heavy atom. The molecule has 0 saturated heterocycles. The fourth-order valence-electron chi connectivity index (χ4n) is 2.01. The highest BCUT2D eigenvalue weighted by Crippen LogP contribution is 2.15. The number of nitrogens with one attached hydrogen (secondary N) is 2. The van der Waals surface area contributed by atoms with Crippen molar-refractivity contribution in [1.82, 2.24) is 5.32 Å². The number of aryl methyl sites for hydroxylation is 1. The van der Waals surface area contributed by atoms with Gasteiger partial charge in [0.2, 0.25) is 0 Å². The molecule has 0 aromatic heterocycles. The van der Waals surface area contributed by atoms with E-state index in [1.54, 1.807) is 19.1 Å². The fourth-order valence-corrected chi connectivity index (χ4v) is 2.01. The molecule has 0 aliphatic rings. The summed E-state index contributed by atoms with van der Waals surface area (Å²) < 4.78 is 0. The van der Waals surface area contributed by atoms with E-state index in [0.29, 0.717) is 17.2 Å². The third kappa shape index (κ3) is 4.26. The van der Waals surface area contributed by atoms with Crippen molar-refractivity contribution in [2.45, 2.75) is 40.2 Å². The highest BCUT2D eigenvalue weighted by atomic mass is 16.4. The molecule has 1 aromatic rings. The summed E-state index contributed by atoms with van der Waals surface area (Å²) in [6.07, 6.45) is 0.847. The Balaban J connectivity index is 2.76. The smallest absolute Gasteiger partial charge is 0.336 e. The number of aromatic carboxylic acids is 1. The van der Waals surface area contributed by atoms with Crippen LogP contribution in [0.5, 0.6) is 0 Å². The van der Waals surface area contributed by atoms with E-state index < -0.39 is 5.97 Å². The van der Waals surface area contributed by atoms with Crippen LogP contribution < -0.4 is 10.6 Å². The van der Waals surface area contributed by atoms with E-state index in [9.17, 15) is 9.59 Å². The Morgan fingerprint density at radius 2 is 1.95 bits per heavy atom. The van der Waals surface area contributed by atoms with Gasteiger partial charge in [-0.1, -0.05) is 26.8 Å². The van der Waals surface area contributed by atoms with Crippen LogP contribution in [0, 0.1) is 12.8 Å². The molecule has 1 aromatic carbocycles.